The summed E-state index contributed by atoms with van der Waals surface area (Å²) in [6.45, 7) is 6.65. The van der Waals surface area contributed by atoms with E-state index >= 15 is 0 Å². The Morgan fingerprint density at radius 3 is 2.69 bits per heavy atom. The van der Waals surface area contributed by atoms with E-state index in [-0.39, 0.29) is 6.04 Å². The molecule has 0 radical (unpaired) electrons. The van der Waals surface area contributed by atoms with E-state index in [0.717, 1.165) is 60.8 Å². The van der Waals surface area contributed by atoms with Crippen LogP contribution in [0.4, 0.5) is 0 Å². The van der Waals surface area contributed by atoms with E-state index in [1.54, 1.807) is 0 Å². The fraction of sp³-hybridized carbons (Fsp3) is 0.484. The van der Waals surface area contributed by atoms with Crippen LogP contribution >= 0.6 is 23.2 Å². The standard InChI is InChI=1S/C31H36Cl2N2/c1-3-4-30(28-14-9-23(17-29(28)33)8-7-22-5-6-22)34-31-20-35(16-15-21(31)2)27-13-11-24-10-12-26(32)18-25(24)19-27/h9-10,12,14,17-18,22,27,30,34H,3-6,11,13,15-16,19-20H2,1-2H3. The Balaban J connectivity index is 1.29. The highest BCUT2D eigenvalue weighted by Crippen LogP contribution is 2.33. The third kappa shape index (κ3) is 6.08. The van der Waals surface area contributed by atoms with Crippen molar-refractivity contribution in [2.24, 2.45) is 5.92 Å². The van der Waals surface area contributed by atoms with Gasteiger partial charge in [-0.1, -0.05) is 66.1 Å². The van der Waals surface area contributed by atoms with Crippen LogP contribution in [-0.2, 0) is 12.8 Å². The number of benzene rings is 2. The first-order valence-corrected chi connectivity index (χ1v) is 14.0. The Hall–Kier alpha value is -1.92. The molecule has 0 spiro atoms. The van der Waals surface area contributed by atoms with Gasteiger partial charge in [0.2, 0.25) is 0 Å². The minimum atomic E-state index is 0.216. The van der Waals surface area contributed by atoms with E-state index in [2.05, 4.69) is 66.2 Å². The van der Waals surface area contributed by atoms with Gasteiger partial charge >= 0.3 is 0 Å². The van der Waals surface area contributed by atoms with Gasteiger partial charge in [-0.15, -0.1) is 0 Å². The molecule has 0 bridgehead atoms. The molecule has 5 rings (SSSR count). The SMILES string of the molecule is CCCC(NC1=C(C)CCN(C2CCc3ccc(Cl)cc3C2)C1)c1ccc(C#CC2CC2)cc1Cl. The van der Waals surface area contributed by atoms with Crippen LogP contribution in [-0.4, -0.2) is 24.0 Å². The molecule has 1 saturated carbocycles. The molecule has 0 saturated heterocycles. The van der Waals surface area contributed by atoms with Gasteiger partial charge < -0.3 is 5.32 Å². The Bertz CT molecular complexity index is 1170. The number of rotatable bonds is 6. The zero-order valence-corrected chi connectivity index (χ0v) is 22.5. The lowest BCUT2D eigenvalue weighted by atomic mass is 9.86. The molecule has 2 atom stereocenters. The summed E-state index contributed by atoms with van der Waals surface area (Å²) in [6.07, 6.45) is 9.21. The highest BCUT2D eigenvalue weighted by Gasteiger charge is 2.28. The summed E-state index contributed by atoms with van der Waals surface area (Å²) < 4.78 is 0. The number of nitrogens with zero attached hydrogens (tertiary/aromatic N) is 1. The van der Waals surface area contributed by atoms with Crippen molar-refractivity contribution >= 4 is 23.2 Å². The van der Waals surface area contributed by atoms with Crippen LogP contribution < -0.4 is 5.32 Å². The van der Waals surface area contributed by atoms with Crippen molar-refractivity contribution in [1.29, 1.82) is 0 Å². The molecule has 2 nitrogen and oxygen atoms in total. The molecule has 2 unspecified atom stereocenters. The summed E-state index contributed by atoms with van der Waals surface area (Å²) >= 11 is 13.1. The number of fused-ring (bicyclic) bond motifs is 1. The minimum Gasteiger partial charge on any atom is -0.380 e. The van der Waals surface area contributed by atoms with Gasteiger partial charge in [-0.3, -0.25) is 4.90 Å². The predicted molar refractivity (Wildman–Crippen MR) is 148 cm³/mol. The van der Waals surface area contributed by atoms with Crippen molar-refractivity contribution in [2.45, 2.75) is 77.3 Å². The van der Waals surface area contributed by atoms with Crippen molar-refractivity contribution in [3.8, 4) is 11.8 Å². The van der Waals surface area contributed by atoms with E-state index in [0.29, 0.717) is 12.0 Å². The second kappa shape index (κ2) is 11.0. The molecular formula is C31H36Cl2N2. The van der Waals surface area contributed by atoms with E-state index in [4.69, 9.17) is 23.2 Å². The van der Waals surface area contributed by atoms with Crippen LogP contribution in [0.15, 0.2) is 47.7 Å². The van der Waals surface area contributed by atoms with Gasteiger partial charge in [-0.2, -0.15) is 0 Å². The fourth-order valence-electron chi connectivity index (χ4n) is 5.48. The van der Waals surface area contributed by atoms with Gasteiger partial charge in [0, 0.05) is 46.4 Å². The number of aryl methyl sites for hydroxylation is 1. The summed E-state index contributed by atoms with van der Waals surface area (Å²) in [6, 6.07) is 13.6. The Kier molecular flexibility index (Phi) is 7.78. The molecule has 2 aromatic carbocycles. The smallest absolute Gasteiger partial charge is 0.0525 e. The molecular weight excluding hydrogens is 471 g/mol. The second-order valence-corrected chi connectivity index (χ2v) is 11.4. The summed E-state index contributed by atoms with van der Waals surface area (Å²) in [4.78, 5) is 2.68. The zero-order chi connectivity index (χ0) is 24.4. The first-order valence-electron chi connectivity index (χ1n) is 13.3. The van der Waals surface area contributed by atoms with Crippen molar-refractivity contribution in [3.05, 3.63) is 80.0 Å². The maximum absolute atomic E-state index is 6.81. The van der Waals surface area contributed by atoms with Gasteiger partial charge in [0.1, 0.15) is 0 Å². The highest BCUT2D eigenvalue weighted by atomic mass is 35.5. The molecule has 0 amide bonds. The molecule has 1 fully saturated rings. The second-order valence-electron chi connectivity index (χ2n) is 10.6. The van der Waals surface area contributed by atoms with E-state index in [1.165, 1.54) is 47.2 Å². The Morgan fingerprint density at radius 2 is 1.91 bits per heavy atom. The molecule has 2 aliphatic carbocycles. The van der Waals surface area contributed by atoms with Crippen molar-refractivity contribution in [3.63, 3.8) is 0 Å². The van der Waals surface area contributed by atoms with Gasteiger partial charge in [-0.05, 0) is 92.8 Å². The van der Waals surface area contributed by atoms with Crippen LogP contribution in [0.2, 0.25) is 10.0 Å². The maximum atomic E-state index is 6.81. The summed E-state index contributed by atoms with van der Waals surface area (Å²) in [5.41, 5.74) is 7.96. The van der Waals surface area contributed by atoms with Crippen LogP contribution in [0.1, 0.15) is 80.7 Å². The van der Waals surface area contributed by atoms with Crippen LogP contribution in [0.3, 0.4) is 0 Å². The van der Waals surface area contributed by atoms with Crippen molar-refractivity contribution in [1.82, 2.24) is 10.2 Å². The highest BCUT2D eigenvalue weighted by molar-refractivity contribution is 6.31. The van der Waals surface area contributed by atoms with Crippen LogP contribution in [0, 0.1) is 17.8 Å². The predicted octanol–water partition coefficient (Wildman–Crippen LogP) is 7.72. The van der Waals surface area contributed by atoms with E-state index in [1.807, 2.05) is 6.07 Å². The molecule has 1 heterocycles. The number of hydrogen-bond acceptors (Lipinski definition) is 2. The summed E-state index contributed by atoms with van der Waals surface area (Å²) in [5, 5.41) is 5.61. The van der Waals surface area contributed by atoms with E-state index < -0.39 is 0 Å². The molecule has 35 heavy (non-hydrogen) atoms. The van der Waals surface area contributed by atoms with Crippen LogP contribution in [0.25, 0.3) is 0 Å². The summed E-state index contributed by atoms with van der Waals surface area (Å²) in [5.74, 6) is 7.25. The van der Waals surface area contributed by atoms with E-state index in [9.17, 15) is 0 Å². The number of hydrogen-bond donors (Lipinski definition) is 1. The molecule has 2 aromatic rings. The third-order valence-corrected chi connectivity index (χ3v) is 8.40. The zero-order valence-electron chi connectivity index (χ0n) is 21.0. The lowest BCUT2D eigenvalue weighted by Gasteiger charge is -2.40. The lowest BCUT2D eigenvalue weighted by molar-refractivity contribution is 0.182. The van der Waals surface area contributed by atoms with Gasteiger partial charge in [0.05, 0.1) is 6.04 Å². The first-order chi connectivity index (χ1) is 17.0. The van der Waals surface area contributed by atoms with Crippen molar-refractivity contribution in [2.75, 3.05) is 13.1 Å². The maximum Gasteiger partial charge on any atom is 0.0525 e. The third-order valence-electron chi connectivity index (χ3n) is 7.84. The number of nitrogens with one attached hydrogen (secondary N) is 1. The Labute approximate surface area is 221 Å². The molecule has 0 aromatic heterocycles. The van der Waals surface area contributed by atoms with Crippen molar-refractivity contribution < 1.29 is 0 Å². The molecule has 1 aliphatic heterocycles. The largest absolute Gasteiger partial charge is 0.380 e. The monoisotopic (exact) mass is 506 g/mol. The average molecular weight is 508 g/mol. The first kappa shape index (κ1) is 24.8. The quantitative estimate of drug-likeness (QED) is 0.403. The average Bonchev–Trinajstić information content (AvgIpc) is 3.68. The number of halogens is 2. The van der Waals surface area contributed by atoms with Crippen LogP contribution in [0.5, 0.6) is 0 Å². The molecule has 4 heteroatoms. The van der Waals surface area contributed by atoms with Gasteiger partial charge in [0.25, 0.3) is 0 Å². The normalized spacial score (nSPS) is 21.2. The Morgan fingerprint density at radius 1 is 1.06 bits per heavy atom. The lowest BCUT2D eigenvalue weighted by Crippen LogP contribution is -2.45. The molecule has 1 N–H and O–H groups in total. The molecule has 184 valence electrons. The van der Waals surface area contributed by atoms with Gasteiger partial charge in [0.15, 0.2) is 0 Å². The summed E-state index contributed by atoms with van der Waals surface area (Å²) in [7, 11) is 0. The molecule has 3 aliphatic rings. The topological polar surface area (TPSA) is 15.3 Å². The van der Waals surface area contributed by atoms with Gasteiger partial charge in [-0.25, -0.2) is 0 Å². The fourth-order valence-corrected chi connectivity index (χ4v) is 5.99. The minimum absolute atomic E-state index is 0.216.